The molecule has 2 atom stereocenters. The lowest BCUT2D eigenvalue weighted by Gasteiger charge is -2.16. The highest BCUT2D eigenvalue weighted by atomic mass is 16.1. The summed E-state index contributed by atoms with van der Waals surface area (Å²) in [6.45, 7) is 5.68. The maximum atomic E-state index is 11.5. The molecular formula is C12H21N3O. The van der Waals surface area contributed by atoms with Crippen LogP contribution >= 0.6 is 0 Å². The first-order valence-electron chi connectivity index (χ1n) is 6.53. The normalized spacial score (nSPS) is 34.0. The van der Waals surface area contributed by atoms with Gasteiger partial charge in [0.25, 0.3) is 0 Å². The Morgan fingerprint density at radius 2 is 1.94 bits per heavy atom. The summed E-state index contributed by atoms with van der Waals surface area (Å²) in [5, 5.41) is 6.49. The van der Waals surface area contributed by atoms with Crippen LogP contribution in [0.4, 0.5) is 0 Å². The van der Waals surface area contributed by atoms with E-state index in [4.69, 9.17) is 0 Å². The second kappa shape index (κ2) is 4.34. The monoisotopic (exact) mass is 223 g/mol. The third kappa shape index (κ3) is 2.38. The fourth-order valence-electron chi connectivity index (χ4n) is 2.92. The minimum atomic E-state index is 0.248. The number of hydrogen-bond acceptors (Lipinski definition) is 3. The van der Waals surface area contributed by atoms with Crippen molar-refractivity contribution in [2.45, 2.75) is 25.3 Å². The van der Waals surface area contributed by atoms with Crippen molar-refractivity contribution in [3.63, 3.8) is 0 Å². The van der Waals surface area contributed by atoms with Crippen LogP contribution in [0.3, 0.4) is 0 Å². The number of rotatable bonds is 4. The number of fused-ring (bicyclic) bond motifs is 1. The molecule has 1 amide bonds. The van der Waals surface area contributed by atoms with Gasteiger partial charge < -0.3 is 15.5 Å². The van der Waals surface area contributed by atoms with Gasteiger partial charge in [-0.05, 0) is 37.8 Å². The molecule has 2 aliphatic heterocycles. The number of carbonyl (C=O) groups is 1. The van der Waals surface area contributed by atoms with Gasteiger partial charge in [0.1, 0.15) is 0 Å². The molecule has 0 radical (unpaired) electrons. The van der Waals surface area contributed by atoms with E-state index in [1.54, 1.807) is 0 Å². The predicted molar refractivity (Wildman–Crippen MR) is 62.1 cm³/mol. The van der Waals surface area contributed by atoms with E-state index in [-0.39, 0.29) is 5.91 Å². The van der Waals surface area contributed by atoms with Crippen LogP contribution in [0.15, 0.2) is 0 Å². The number of nitrogens with zero attached hydrogens (tertiary/aromatic N) is 1. The van der Waals surface area contributed by atoms with Gasteiger partial charge in [-0.3, -0.25) is 4.79 Å². The van der Waals surface area contributed by atoms with Crippen LogP contribution in [0, 0.1) is 11.8 Å². The third-order valence-corrected chi connectivity index (χ3v) is 4.06. The fourth-order valence-corrected chi connectivity index (χ4v) is 2.92. The molecule has 3 rings (SSSR count). The summed E-state index contributed by atoms with van der Waals surface area (Å²) in [7, 11) is 0. The third-order valence-electron chi connectivity index (χ3n) is 4.06. The molecule has 0 spiro atoms. The van der Waals surface area contributed by atoms with Crippen LogP contribution < -0.4 is 10.6 Å². The van der Waals surface area contributed by atoms with Gasteiger partial charge in [-0.1, -0.05) is 0 Å². The average molecular weight is 223 g/mol. The average Bonchev–Trinajstić information content (AvgIpc) is 2.82. The molecule has 0 aromatic rings. The molecule has 2 unspecified atom stereocenters. The van der Waals surface area contributed by atoms with E-state index in [9.17, 15) is 4.79 Å². The highest BCUT2D eigenvalue weighted by Crippen LogP contribution is 2.26. The van der Waals surface area contributed by atoms with Crippen molar-refractivity contribution in [1.29, 1.82) is 0 Å². The second-order valence-corrected chi connectivity index (χ2v) is 5.53. The van der Waals surface area contributed by atoms with Crippen molar-refractivity contribution in [2.75, 3.05) is 32.7 Å². The Balaban J connectivity index is 1.37. The Morgan fingerprint density at radius 3 is 2.56 bits per heavy atom. The molecule has 2 heterocycles. The summed E-state index contributed by atoms with van der Waals surface area (Å²) >= 11 is 0. The van der Waals surface area contributed by atoms with Crippen molar-refractivity contribution in [1.82, 2.24) is 15.5 Å². The first kappa shape index (κ1) is 10.5. The number of carbonyl (C=O) groups excluding carboxylic acids is 1. The van der Waals surface area contributed by atoms with Crippen molar-refractivity contribution in [3.05, 3.63) is 0 Å². The molecular weight excluding hydrogens is 202 g/mol. The topological polar surface area (TPSA) is 44.4 Å². The molecule has 1 saturated carbocycles. The molecule has 90 valence electrons. The Hall–Kier alpha value is -0.610. The summed E-state index contributed by atoms with van der Waals surface area (Å²) in [6, 6.07) is 0.509. The molecule has 4 nitrogen and oxygen atoms in total. The van der Waals surface area contributed by atoms with Gasteiger partial charge in [0.15, 0.2) is 0 Å². The molecule has 0 aromatic heterocycles. The maximum absolute atomic E-state index is 11.5. The van der Waals surface area contributed by atoms with Crippen molar-refractivity contribution in [3.8, 4) is 0 Å². The van der Waals surface area contributed by atoms with E-state index < -0.39 is 0 Å². The zero-order valence-electron chi connectivity index (χ0n) is 9.74. The van der Waals surface area contributed by atoms with Crippen LogP contribution in [-0.2, 0) is 4.79 Å². The first-order chi connectivity index (χ1) is 7.81. The highest BCUT2D eigenvalue weighted by molar-refractivity contribution is 5.76. The summed E-state index contributed by atoms with van der Waals surface area (Å²) in [4.78, 5) is 14.0. The lowest BCUT2D eigenvalue weighted by Crippen LogP contribution is -2.32. The van der Waals surface area contributed by atoms with Gasteiger partial charge in [-0.25, -0.2) is 0 Å². The van der Waals surface area contributed by atoms with Gasteiger partial charge >= 0.3 is 0 Å². The van der Waals surface area contributed by atoms with Crippen molar-refractivity contribution >= 4 is 5.91 Å². The molecule has 0 bridgehead atoms. The Labute approximate surface area is 96.8 Å². The SMILES string of the molecule is O=C(CCN1CC2CNCC2C1)NC1CC1. The minimum Gasteiger partial charge on any atom is -0.353 e. The van der Waals surface area contributed by atoms with E-state index >= 15 is 0 Å². The Bertz CT molecular complexity index is 265. The highest BCUT2D eigenvalue weighted by Gasteiger charge is 2.35. The van der Waals surface area contributed by atoms with Crippen LogP contribution in [0.1, 0.15) is 19.3 Å². The van der Waals surface area contributed by atoms with Crippen LogP contribution in [-0.4, -0.2) is 49.6 Å². The molecule has 16 heavy (non-hydrogen) atoms. The summed E-state index contributed by atoms with van der Waals surface area (Å²) in [6.07, 6.45) is 3.06. The second-order valence-electron chi connectivity index (χ2n) is 5.53. The maximum Gasteiger partial charge on any atom is 0.221 e. The molecule has 1 aliphatic carbocycles. The van der Waals surface area contributed by atoms with Gasteiger partial charge in [0, 0.05) is 32.1 Å². The molecule has 2 saturated heterocycles. The standard InChI is InChI=1S/C12H21N3O/c16-12(14-11-1-2-11)3-4-15-7-9-5-13-6-10(9)8-15/h9-11,13H,1-8H2,(H,14,16). The van der Waals surface area contributed by atoms with Gasteiger partial charge in [0.05, 0.1) is 0 Å². The van der Waals surface area contributed by atoms with Crippen LogP contribution in [0.25, 0.3) is 0 Å². The van der Waals surface area contributed by atoms with E-state index in [2.05, 4.69) is 15.5 Å². The summed E-state index contributed by atoms with van der Waals surface area (Å²) in [5.74, 6) is 1.93. The van der Waals surface area contributed by atoms with E-state index in [1.165, 1.54) is 39.0 Å². The number of amides is 1. The molecule has 3 fully saturated rings. The quantitative estimate of drug-likeness (QED) is 0.694. The van der Waals surface area contributed by atoms with E-state index in [0.29, 0.717) is 12.5 Å². The predicted octanol–water partition coefficient (Wildman–Crippen LogP) is -0.194. The molecule has 0 aromatic carbocycles. The summed E-state index contributed by atoms with van der Waals surface area (Å²) < 4.78 is 0. The zero-order valence-corrected chi connectivity index (χ0v) is 9.74. The van der Waals surface area contributed by atoms with E-state index in [0.717, 1.165) is 18.4 Å². The number of nitrogens with one attached hydrogen (secondary N) is 2. The minimum absolute atomic E-state index is 0.248. The summed E-state index contributed by atoms with van der Waals surface area (Å²) in [5.41, 5.74) is 0. The number of hydrogen-bond donors (Lipinski definition) is 2. The van der Waals surface area contributed by atoms with Crippen molar-refractivity contribution < 1.29 is 4.79 Å². The molecule has 2 N–H and O–H groups in total. The van der Waals surface area contributed by atoms with Gasteiger partial charge in [0.2, 0.25) is 5.91 Å². The molecule has 3 aliphatic rings. The lowest BCUT2D eigenvalue weighted by molar-refractivity contribution is -0.121. The van der Waals surface area contributed by atoms with E-state index in [1.807, 2.05) is 0 Å². The fraction of sp³-hybridized carbons (Fsp3) is 0.917. The smallest absolute Gasteiger partial charge is 0.221 e. The lowest BCUT2D eigenvalue weighted by atomic mass is 10.0. The molecule has 4 heteroatoms. The van der Waals surface area contributed by atoms with Crippen LogP contribution in [0.2, 0.25) is 0 Å². The number of likely N-dealkylation sites (tertiary alicyclic amines) is 1. The first-order valence-corrected chi connectivity index (χ1v) is 6.53. The Kier molecular flexibility index (Phi) is 2.86. The van der Waals surface area contributed by atoms with Crippen LogP contribution in [0.5, 0.6) is 0 Å². The largest absolute Gasteiger partial charge is 0.353 e. The van der Waals surface area contributed by atoms with Crippen molar-refractivity contribution in [2.24, 2.45) is 11.8 Å². The van der Waals surface area contributed by atoms with Gasteiger partial charge in [-0.2, -0.15) is 0 Å². The zero-order chi connectivity index (χ0) is 11.0. The Morgan fingerprint density at radius 1 is 1.25 bits per heavy atom. The van der Waals surface area contributed by atoms with Gasteiger partial charge in [-0.15, -0.1) is 0 Å².